The summed E-state index contributed by atoms with van der Waals surface area (Å²) in [4.78, 5) is 5.14. The minimum atomic E-state index is -3.15. The highest BCUT2D eigenvalue weighted by Crippen LogP contribution is 2.53. The topological polar surface area (TPSA) is 79.8 Å². The highest BCUT2D eigenvalue weighted by atomic mass is 127. The molecule has 2 atom stereocenters. The van der Waals surface area contributed by atoms with Crippen LogP contribution in [0.2, 0.25) is 0 Å². The van der Waals surface area contributed by atoms with E-state index in [0.29, 0.717) is 23.6 Å². The first-order valence-corrected chi connectivity index (χ1v) is 13.2. The first-order chi connectivity index (χ1) is 14.4. The number of rotatable bonds is 8. The molecule has 0 bridgehead atoms. The summed E-state index contributed by atoms with van der Waals surface area (Å²) in [7, 11) is -3.15. The van der Waals surface area contributed by atoms with Gasteiger partial charge < -0.3 is 15.4 Å². The van der Waals surface area contributed by atoms with Crippen molar-refractivity contribution in [2.45, 2.75) is 75.8 Å². The number of hydrogen-bond donors (Lipinski definition) is 2. The van der Waals surface area contributed by atoms with Gasteiger partial charge in [-0.3, -0.25) is 4.99 Å². The average Bonchev–Trinajstić information content (AvgIpc) is 2.73. The third-order valence-electron chi connectivity index (χ3n) is 6.61. The van der Waals surface area contributed by atoms with Crippen LogP contribution in [0.1, 0.15) is 57.9 Å². The summed E-state index contributed by atoms with van der Waals surface area (Å²) in [5.74, 6) is 0.871. The van der Waals surface area contributed by atoms with Gasteiger partial charge in [0.25, 0.3) is 0 Å². The normalized spacial score (nSPS) is 23.0. The molecule has 2 unspecified atom stereocenters. The zero-order valence-corrected chi connectivity index (χ0v) is 22.2. The Hall–Kier alpha value is -0.870. The van der Waals surface area contributed by atoms with Gasteiger partial charge in [-0.05, 0) is 57.2 Å². The number of aliphatic imine (C=N–C) groups is 1. The fraction of sp³-hybridized carbons (Fsp3) is 0.696. The van der Waals surface area contributed by atoms with Crippen LogP contribution in [0.25, 0.3) is 0 Å². The number of sulfone groups is 1. The van der Waals surface area contributed by atoms with E-state index in [9.17, 15) is 8.42 Å². The van der Waals surface area contributed by atoms with Crippen molar-refractivity contribution in [3.8, 4) is 0 Å². The quantitative estimate of drug-likeness (QED) is 0.285. The Morgan fingerprint density at radius 1 is 1.16 bits per heavy atom. The number of nitrogens with one attached hydrogen (secondary N) is 2. The van der Waals surface area contributed by atoms with Crippen LogP contribution in [-0.2, 0) is 21.0 Å². The largest absolute Gasteiger partial charge is 0.378 e. The van der Waals surface area contributed by atoms with Crippen LogP contribution >= 0.6 is 24.0 Å². The maximum atomic E-state index is 11.6. The van der Waals surface area contributed by atoms with Crippen molar-refractivity contribution in [1.29, 1.82) is 0 Å². The van der Waals surface area contributed by atoms with E-state index in [1.165, 1.54) is 38.4 Å². The van der Waals surface area contributed by atoms with Crippen LogP contribution in [0.5, 0.6) is 0 Å². The van der Waals surface area contributed by atoms with Crippen LogP contribution in [0.3, 0.4) is 0 Å². The molecule has 0 radical (unpaired) electrons. The highest BCUT2D eigenvalue weighted by Gasteiger charge is 2.55. The molecule has 176 valence electrons. The van der Waals surface area contributed by atoms with E-state index >= 15 is 0 Å². The average molecular weight is 564 g/mol. The summed E-state index contributed by atoms with van der Waals surface area (Å²) < 4.78 is 29.3. The lowest BCUT2D eigenvalue weighted by Gasteiger charge is -2.58. The van der Waals surface area contributed by atoms with Gasteiger partial charge in [0.1, 0.15) is 0 Å². The molecule has 1 aromatic rings. The number of ether oxygens (including phenoxy) is 1. The summed E-state index contributed by atoms with van der Waals surface area (Å²) in [6.45, 7) is 6.43. The van der Waals surface area contributed by atoms with E-state index < -0.39 is 9.84 Å². The Morgan fingerprint density at radius 2 is 1.84 bits per heavy atom. The van der Waals surface area contributed by atoms with Gasteiger partial charge >= 0.3 is 0 Å². The lowest BCUT2D eigenvalue weighted by molar-refractivity contribution is -0.145. The van der Waals surface area contributed by atoms with Crippen molar-refractivity contribution in [3.63, 3.8) is 0 Å². The Balaban J connectivity index is 0.00000341. The van der Waals surface area contributed by atoms with Crippen molar-refractivity contribution in [3.05, 3.63) is 29.8 Å². The third kappa shape index (κ3) is 6.57. The number of halogens is 1. The van der Waals surface area contributed by atoms with Crippen LogP contribution in [0.15, 0.2) is 34.2 Å². The van der Waals surface area contributed by atoms with E-state index in [1.807, 2.05) is 12.1 Å². The van der Waals surface area contributed by atoms with E-state index in [-0.39, 0.29) is 29.4 Å². The zero-order valence-electron chi connectivity index (χ0n) is 19.0. The second-order valence-corrected chi connectivity index (χ2v) is 10.6. The Kier molecular flexibility index (Phi) is 10.1. The first kappa shape index (κ1) is 26.4. The van der Waals surface area contributed by atoms with E-state index in [4.69, 9.17) is 9.73 Å². The molecule has 0 amide bonds. The summed E-state index contributed by atoms with van der Waals surface area (Å²) in [5.41, 5.74) is 1.34. The van der Waals surface area contributed by atoms with Crippen LogP contribution in [0, 0.1) is 5.41 Å². The molecule has 8 heteroatoms. The molecule has 1 aromatic carbocycles. The summed E-state index contributed by atoms with van der Waals surface area (Å²) in [6, 6.07) is 7.52. The van der Waals surface area contributed by atoms with E-state index in [1.54, 1.807) is 12.1 Å². The van der Waals surface area contributed by atoms with Crippen LogP contribution in [-0.4, -0.2) is 52.5 Å². The highest BCUT2D eigenvalue weighted by molar-refractivity contribution is 14.0. The molecule has 3 rings (SSSR count). The van der Waals surface area contributed by atoms with E-state index in [2.05, 4.69) is 24.5 Å². The van der Waals surface area contributed by atoms with E-state index in [0.717, 1.165) is 37.5 Å². The smallest absolute Gasteiger partial charge is 0.191 e. The predicted octanol–water partition coefficient (Wildman–Crippen LogP) is 3.93. The fourth-order valence-corrected chi connectivity index (χ4v) is 5.58. The molecular formula is C23H38IN3O3S. The van der Waals surface area contributed by atoms with Gasteiger partial charge in [0, 0.05) is 37.4 Å². The molecule has 0 heterocycles. The zero-order chi connectivity index (χ0) is 21.6. The Labute approximate surface area is 205 Å². The van der Waals surface area contributed by atoms with Crippen molar-refractivity contribution in [2.24, 2.45) is 10.4 Å². The summed E-state index contributed by atoms with van der Waals surface area (Å²) >= 11 is 0. The van der Waals surface area contributed by atoms with Gasteiger partial charge in [0.2, 0.25) is 0 Å². The first-order valence-electron chi connectivity index (χ1n) is 11.3. The number of nitrogens with zero attached hydrogens (tertiary/aromatic N) is 1. The molecule has 0 aromatic heterocycles. The number of hydrogen-bond acceptors (Lipinski definition) is 4. The molecule has 2 aliphatic carbocycles. The van der Waals surface area contributed by atoms with Gasteiger partial charge in [0.05, 0.1) is 11.0 Å². The minimum absolute atomic E-state index is 0. The molecule has 31 heavy (non-hydrogen) atoms. The van der Waals surface area contributed by atoms with Crippen LogP contribution in [0.4, 0.5) is 0 Å². The predicted molar refractivity (Wildman–Crippen MR) is 137 cm³/mol. The second kappa shape index (κ2) is 11.8. The molecular weight excluding hydrogens is 525 g/mol. The summed E-state index contributed by atoms with van der Waals surface area (Å²) in [6.07, 6.45) is 9.82. The molecule has 2 fully saturated rings. The van der Waals surface area contributed by atoms with Gasteiger partial charge in [-0.1, -0.05) is 31.4 Å². The standard InChI is InChI=1S/C23H37N3O3S.HI/c1-4-24-22(25-16-13-18-9-11-19(12-10-18)30(3,27)28)26-20-17-21(29-5-2)23(20)14-7-6-8-15-23;/h9-12,20-21H,4-8,13-17H2,1-3H3,(H2,24,25,26);1H. The number of guanidine groups is 1. The molecule has 0 aliphatic heterocycles. The maximum absolute atomic E-state index is 11.6. The molecule has 0 saturated heterocycles. The molecule has 1 spiro atoms. The van der Waals surface area contributed by atoms with Crippen molar-refractivity contribution < 1.29 is 13.2 Å². The van der Waals surface area contributed by atoms with Crippen molar-refractivity contribution in [2.75, 3.05) is 26.0 Å². The van der Waals surface area contributed by atoms with Gasteiger partial charge in [-0.15, -0.1) is 24.0 Å². The Bertz CT molecular complexity index is 821. The number of benzene rings is 1. The molecule has 6 nitrogen and oxygen atoms in total. The van der Waals surface area contributed by atoms with Crippen molar-refractivity contribution in [1.82, 2.24) is 10.6 Å². The lowest BCUT2D eigenvalue weighted by atomic mass is 9.55. The van der Waals surface area contributed by atoms with Gasteiger partial charge in [-0.2, -0.15) is 0 Å². The lowest BCUT2D eigenvalue weighted by Crippen LogP contribution is -2.66. The minimum Gasteiger partial charge on any atom is -0.378 e. The van der Waals surface area contributed by atoms with Crippen molar-refractivity contribution >= 4 is 39.8 Å². The van der Waals surface area contributed by atoms with Gasteiger partial charge in [0.15, 0.2) is 15.8 Å². The molecule has 2 saturated carbocycles. The van der Waals surface area contributed by atoms with Gasteiger partial charge in [-0.25, -0.2) is 8.42 Å². The van der Waals surface area contributed by atoms with Crippen LogP contribution < -0.4 is 10.6 Å². The fourth-order valence-electron chi connectivity index (χ4n) is 4.95. The molecule has 2 aliphatic rings. The maximum Gasteiger partial charge on any atom is 0.191 e. The summed E-state index contributed by atoms with van der Waals surface area (Å²) in [5, 5.41) is 7.08. The second-order valence-electron chi connectivity index (χ2n) is 8.60. The SMILES string of the molecule is CCNC(=NCCc1ccc(S(C)(=O)=O)cc1)NC1CC(OCC)C12CCCCC2.I. The third-order valence-corrected chi connectivity index (χ3v) is 7.74. The Morgan fingerprint density at radius 3 is 2.42 bits per heavy atom. The molecule has 2 N–H and O–H groups in total. The monoisotopic (exact) mass is 563 g/mol.